The molecule has 0 radical (unpaired) electrons. The van der Waals surface area contributed by atoms with Crippen molar-refractivity contribution in [3.05, 3.63) is 45.2 Å². The average Bonchev–Trinajstić information content (AvgIpc) is 3.11. The van der Waals surface area contributed by atoms with Crippen LogP contribution in [0.1, 0.15) is 35.4 Å². The van der Waals surface area contributed by atoms with Gasteiger partial charge in [-0.3, -0.25) is 4.79 Å². The minimum Gasteiger partial charge on any atom is -0.496 e. The first-order valence-corrected chi connectivity index (χ1v) is 9.27. The summed E-state index contributed by atoms with van der Waals surface area (Å²) in [6, 6.07) is 9.05. The highest BCUT2D eigenvalue weighted by Gasteiger charge is 2.14. The highest BCUT2D eigenvalue weighted by atomic mass is 127. The lowest BCUT2D eigenvalue weighted by atomic mass is 10.1. The van der Waals surface area contributed by atoms with Crippen LogP contribution < -0.4 is 15.1 Å². The Morgan fingerprint density at radius 3 is 2.84 bits per heavy atom. The number of nitrogens with zero attached hydrogens (tertiary/aromatic N) is 2. The summed E-state index contributed by atoms with van der Waals surface area (Å²) in [5, 5.41) is 3.97. The third-order valence-corrected chi connectivity index (χ3v) is 4.94. The van der Waals surface area contributed by atoms with Crippen molar-refractivity contribution in [2.45, 2.75) is 19.3 Å². The van der Waals surface area contributed by atoms with Crippen molar-refractivity contribution in [1.82, 2.24) is 5.43 Å². The first-order chi connectivity index (χ1) is 12.2. The maximum atomic E-state index is 12.1. The number of anilines is 1. The van der Waals surface area contributed by atoms with E-state index in [1.54, 1.807) is 19.2 Å². The van der Waals surface area contributed by atoms with Crippen LogP contribution in [0.4, 0.5) is 5.88 Å². The second-order valence-corrected chi connectivity index (χ2v) is 6.93. The van der Waals surface area contributed by atoms with Gasteiger partial charge in [0.15, 0.2) is 5.88 Å². The first-order valence-electron chi connectivity index (χ1n) is 8.19. The number of nitrogens with one attached hydrogen (secondary N) is 1. The minimum atomic E-state index is -0.297. The zero-order chi connectivity index (χ0) is 17.6. The van der Waals surface area contributed by atoms with Crippen LogP contribution in [0.3, 0.4) is 0 Å². The van der Waals surface area contributed by atoms with Crippen LogP contribution in [-0.2, 0) is 0 Å². The van der Waals surface area contributed by atoms with Gasteiger partial charge in [-0.05, 0) is 66.1 Å². The monoisotopic (exact) mass is 453 g/mol. The number of furan rings is 1. The summed E-state index contributed by atoms with van der Waals surface area (Å²) in [4.78, 5) is 14.4. The topological polar surface area (TPSA) is 67.1 Å². The molecule has 1 amide bonds. The van der Waals surface area contributed by atoms with Gasteiger partial charge in [-0.2, -0.15) is 5.10 Å². The Hall–Kier alpha value is -2.03. The molecule has 6 nitrogen and oxygen atoms in total. The summed E-state index contributed by atoms with van der Waals surface area (Å²) < 4.78 is 11.9. The second kappa shape index (κ2) is 8.37. The second-order valence-electron chi connectivity index (χ2n) is 5.77. The van der Waals surface area contributed by atoms with Crippen LogP contribution in [0.15, 0.2) is 39.9 Å². The highest BCUT2D eigenvalue weighted by molar-refractivity contribution is 14.1. The third kappa shape index (κ3) is 4.53. The van der Waals surface area contributed by atoms with Crippen LogP contribution in [-0.4, -0.2) is 32.3 Å². The summed E-state index contributed by atoms with van der Waals surface area (Å²) >= 11 is 2.15. The molecule has 1 N–H and O–H groups in total. The molecule has 0 aliphatic carbocycles. The summed E-state index contributed by atoms with van der Waals surface area (Å²) in [5.41, 5.74) is 2.99. The lowest BCUT2D eigenvalue weighted by Gasteiger charge is -2.25. The van der Waals surface area contributed by atoms with Crippen molar-refractivity contribution < 1.29 is 13.9 Å². The molecular formula is C18H20IN3O3. The fourth-order valence-electron chi connectivity index (χ4n) is 2.72. The number of piperidine rings is 1. The summed E-state index contributed by atoms with van der Waals surface area (Å²) in [7, 11) is 1.58. The molecule has 2 aromatic rings. The van der Waals surface area contributed by atoms with Gasteiger partial charge in [-0.25, -0.2) is 5.43 Å². The molecule has 0 bridgehead atoms. The third-order valence-electron chi connectivity index (χ3n) is 4.05. The van der Waals surface area contributed by atoms with Gasteiger partial charge in [0.2, 0.25) is 0 Å². The molecule has 0 atom stereocenters. The summed E-state index contributed by atoms with van der Waals surface area (Å²) in [6.45, 7) is 2.05. The lowest BCUT2D eigenvalue weighted by molar-refractivity contribution is 0.0954. The molecule has 1 aliphatic heterocycles. The number of carbonyl (C=O) groups is 1. The largest absolute Gasteiger partial charge is 0.496 e. The van der Waals surface area contributed by atoms with Gasteiger partial charge in [0.25, 0.3) is 5.91 Å². The van der Waals surface area contributed by atoms with Gasteiger partial charge in [-0.15, -0.1) is 0 Å². The van der Waals surface area contributed by atoms with E-state index in [4.69, 9.17) is 9.15 Å². The fourth-order valence-corrected chi connectivity index (χ4v) is 3.27. The number of carbonyl (C=O) groups excluding carboxylic acids is 1. The molecule has 3 rings (SSSR count). The van der Waals surface area contributed by atoms with Gasteiger partial charge in [0.05, 0.1) is 16.9 Å². The average molecular weight is 453 g/mol. The number of ether oxygens (including phenoxy) is 1. The van der Waals surface area contributed by atoms with Gasteiger partial charge in [0.1, 0.15) is 11.5 Å². The van der Waals surface area contributed by atoms with Crippen molar-refractivity contribution in [3.63, 3.8) is 0 Å². The number of methoxy groups -OCH3 is 1. The van der Waals surface area contributed by atoms with E-state index in [1.165, 1.54) is 25.5 Å². The number of halogens is 1. The molecule has 1 aromatic carbocycles. The van der Waals surface area contributed by atoms with Crippen LogP contribution in [0.2, 0.25) is 0 Å². The quantitative estimate of drug-likeness (QED) is 0.427. The Morgan fingerprint density at radius 1 is 1.28 bits per heavy atom. The van der Waals surface area contributed by atoms with E-state index in [0.29, 0.717) is 17.1 Å². The number of hydrogen-bond donors (Lipinski definition) is 1. The zero-order valence-corrected chi connectivity index (χ0v) is 16.2. The number of hydrazone groups is 1. The highest BCUT2D eigenvalue weighted by Crippen LogP contribution is 2.22. The van der Waals surface area contributed by atoms with E-state index < -0.39 is 0 Å². The Bertz CT molecular complexity index is 767. The van der Waals surface area contributed by atoms with Crippen molar-refractivity contribution in [2.75, 3.05) is 25.1 Å². The van der Waals surface area contributed by atoms with Crippen LogP contribution in [0.5, 0.6) is 5.75 Å². The molecule has 132 valence electrons. The predicted molar refractivity (Wildman–Crippen MR) is 106 cm³/mol. The first kappa shape index (κ1) is 17.8. The Kier molecular flexibility index (Phi) is 5.95. The van der Waals surface area contributed by atoms with Crippen LogP contribution >= 0.6 is 22.6 Å². The number of rotatable bonds is 5. The van der Waals surface area contributed by atoms with Crippen molar-refractivity contribution in [1.29, 1.82) is 0 Å². The maximum absolute atomic E-state index is 12.1. The van der Waals surface area contributed by atoms with Gasteiger partial charge in [0, 0.05) is 24.7 Å². The van der Waals surface area contributed by atoms with Gasteiger partial charge in [-0.1, -0.05) is 0 Å². The fraction of sp³-hybridized carbons (Fsp3) is 0.333. The van der Waals surface area contributed by atoms with Crippen LogP contribution in [0.25, 0.3) is 0 Å². The van der Waals surface area contributed by atoms with Crippen molar-refractivity contribution >= 4 is 40.6 Å². The Labute approximate surface area is 160 Å². The molecule has 7 heteroatoms. The smallest absolute Gasteiger partial charge is 0.271 e. The molecule has 0 unspecified atom stereocenters. The molecule has 1 aromatic heterocycles. The minimum absolute atomic E-state index is 0.297. The molecule has 0 saturated carbocycles. The summed E-state index contributed by atoms with van der Waals surface area (Å²) in [6.07, 6.45) is 5.18. The molecule has 2 heterocycles. The maximum Gasteiger partial charge on any atom is 0.271 e. The Morgan fingerprint density at radius 2 is 2.08 bits per heavy atom. The molecular weight excluding hydrogens is 433 g/mol. The zero-order valence-electron chi connectivity index (χ0n) is 14.0. The van der Waals surface area contributed by atoms with E-state index in [2.05, 4.69) is 38.0 Å². The number of benzene rings is 1. The molecule has 1 aliphatic rings. The van der Waals surface area contributed by atoms with Crippen molar-refractivity contribution in [2.24, 2.45) is 5.10 Å². The summed E-state index contributed by atoms with van der Waals surface area (Å²) in [5.74, 6) is 1.83. The molecule has 1 saturated heterocycles. The van der Waals surface area contributed by atoms with E-state index in [0.717, 1.165) is 22.5 Å². The SMILES string of the molecule is COc1cc(C(=O)N/N=C\c2ccc(N3CCCCC3)o2)ccc1I. The standard InChI is InChI=1S/C18H20IN3O3/c1-24-16-11-13(5-7-15(16)19)18(23)21-20-12-14-6-8-17(25-14)22-9-3-2-4-10-22/h5-8,11-12H,2-4,9-10H2,1H3,(H,21,23)/b20-12-. The number of hydrogen-bond acceptors (Lipinski definition) is 5. The van der Waals surface area contributed by atoms with Gasteiger partial charge >= 0.3 is 0 Å². The van der Waals surface area contributed by atoms with E-state index >= 15 is 0 Å². The van der Waals surface area contributed by atoms with E-state index in [-0.39, 0.29) is 5.91 Å². The van der Waals surface area contributed by atoms with Crippen LogP contribution in [0, 0.1) is 3.57 Å². The Balaban J connectivity index is 1.59. The molecule has 0 spiro atoms. The van der Waals surface area contributed by atoms with E-state index in [1.807, 2.05) is 18.2 Å². The predicted octanol–water partition coefficient (Wildman–Crippen LogP) is 3.65. The van der Waals surface area contributed by atoms with Crippen molar-refractivity contribution in [3.8, 4) is 5.75 Å². The number of amides is 1. The lowest BCUT2D eigenvalue weighted by Crippen LogP contribution is -2.28. The molecule has 1 fully saturated rings. The van der Waals surface area contributed by atoms with Gasteiger partial charge < -0.3 is 14.1 Å². The molecule has 25 heavy (non-hydrogen) atoms. The van der Waals surface area contributed by atoms with E-state index in [9.17, 15) is 4.79 Å². The normalized spacial score (nSPS) is 14.7.